The molecule has 1 heterocycles. The molecule has 0 spiro atoms. The third-order valence-electron chi connectivity index (χ3n) is 5.54. The fraction of sp³-hybridized carbons (Fsp3) is 0.435. The van der Waals surface area contributed by atoms with Crippen molar-refractivity contribution >= 4 is 34.2 Å². The van der Waals surface area contributed by atoms with Gasteiger partial charge in [0.15, 0.2) is 0 Å². The average Bonchev–Trinajstić information content (AvgIpc) is 2.97. The van der Waals surface area contributed by atoms with Crippen LogP contribution in [0.2, 0.25) is 0 Å². The van der Waals surface area contributed by atoms with Crippen LogP contribution in [0.3, 0.4) is 0 Å². The Bertz CT molecular complexity index is 1120. The molecule has 12 heteroatoms. The van der Waals surface area contributed by atoms with Crippen LogP contribution in [-0.4, -0.2) is 43.4 Å². The lowest BCUT2D eigenvalue weighted by molar-refractivity contribution is -0.204. The molecular weight excluding hydrogens is 492 g/mol. The lowest BCUT2D eigenvalue weighted by atomic mass is 10.0. The van der Waals surface area contributed by atoms with Crippen LogP contribution in [0.4, 0.5) is 22.6 Å². The number of anilines is 1. The molecule has 35 heavy (non-hydrogen) atoms. The molecule has 7 nitrogen and oxygen atoms in total. The highest BCUT2D eigenvalue weighted by Gasteiger charge is 2.64. The second kappa shape index (κ2) is 10.6. The molecule has 0 saturated carbocycles. The van der Waals surface area contributed by atoms with Gasteiger partial charge in [-0.15, -0.1) is 11.3 Å². The summed E-state index contributed by atoms with van der Waals surface area (Å²) in [7, 11) is 1.09. The van der Waals surface area contributed by atoms with E-state index in [2.05, 4.69) is 10.1 Å². The molecule has 1 aliphatic rings. The lowest BCUT2D eigenvalue weighted by Gasteiger charge is -2.35. The Hall–Kier alpha value is -3.15. The maximum Gasteiger partial charge on any atom is 0.441 e. The van der Waals surface area contributed by atoms with E-state index in [9.17, 15) is 31.9 Å². The number of carbonyl (C=O) groups excluding carboxylic acids is 3. The molecule has 190 valence electrons. The number of nitrogens with one attached hydrogen (secondary N) is 2. The summed E-state index contributed by atoms with van der Waals surface area (Å²) < 4.78 is 67.4. The predicted molar refractivity (Wildman–Crippen MR) is 120 cm³/mol. The molecule has 1 aliphatic carbocycles. The molecule has 1 unspecified atom stereocenters. The van der Waals surface area contributed by atoms with Gasteiger partial charge in [-0.3, -0.25) is 4.79 Å². The van der Waals surface area contributed by atoms with Crippen molar-refractivity contribution < 1.29 is 41.4 Å². The first-order valence-corrected chi connectivity index (χ1v) is 11.7. The van der Waals surface area contributed by atoms with Gasteiger partial charge in [-0.1, -0.05) is 18.6 Å². The molecule has 0 saturated heterocycles. The number of amides is 1. The Labute approximate surface area is 202 Å². The van der Waals surface area contributed by atoms with Crippen molar-refractivity contribution in [3.63, 3.8) is 0 Å². The Morgan fingerprint density at radius 2 is 1.77 bits per heavy atom. The van der Waals surface area contributed by atoms with E-state index in [1.807, 2.05) is 0 Å². The van der Waals surface area contributed by atoms with E-state index in [1.165, 1.54) is 19.1 Å². The van der Waals surface area contributed by atoms with Crippen LogP contribution >= 0.6 is 11.3 Å². The summed E-state index contributed by atoms with van der Waals surface area (Å²) in [5.41, 5.74) is -4.11. The van der Waals surface area contributed by atoms with Crippen LogP contribution in [0.5, 0.6) is 0 Å². The van der Waals surface area contributed by atoms with Crippen molar-refractivity contribution in [2.45, 2.75) is 50.9 Å². The van der Waals surface area contributed by atoms with Crippen LogP contribution in [0.25, 0.3) is 0 Å². The first-order chi connectivity index (χ1) is 16.6. The summed E-state index contributed by atoms with van der Waals surface area (Å²) in [5.74, 6) is -5.33. The molecule has 1 amide bonds. The van der Waals surface area contributed by atoms with Crippen molar-refractivity contribution in [1.82, 2.24) is 5.32 Å². The number of halogens is 4. The van der Waals surface area contributed by atoms with Gasteiger partial charge in [0, 0.05) is 4.88 Å². The first-order valence-electron chi connectivity index (χ1n) is 10.9. The summed E-state index contributed by atoms with van der Waals surface area (Å²) in [6.07, 6.45) is -2.09. The van der Waals surface area contributed by atoms with Crippen molar-refractivity contribution in [2.75, 3.05) is 19.0 Å². The van der Waals surface area contributed by atoms with Gasteiger partial charge >= 0.3 is 23.8 Å². The largest absolute Gasteiger partial charge is 0.465 e. The highest BCUT2D eigenvalue weighted by Crippen LogP contribution is 2.42. The highest BCUT2D eigenvalue weighted by atomic mass is 32.1. The van der Waals surface area contributed by atoms with Gasteiger partial charge in [-0.05, 0) is 50.3 Å². The van der Waals surface area contributed by atoms with Crippen LogP contribution in [-0.2, 0) is 27.1 Å². The van der Waals surface area contributed by atoms with Gasteiger partial charge in [0.2, 0.25) is 0 Å². The zero-order valence-electron chi connectivity index (χ0n) is 19.0. The number of benzene rings is 1. The molecule has 2 N–H and O–H groups in total. The minimum atomic E-state index is -5.45. The monoisotopic (exact) mass is 516 g/mol. The van der Waals surface area contributed by atoms with Gasteiger partial charge in [0.1, 0.15) is 10.8 Å². The Morgan fingerprint density at radius 1 is 1.09 bits per heavy atom. The number of thiophene rings is 1. The van der Waals surface area contributed by atoms with Crippen LogP contribution < -0.4 is 10.6 Å². The number of aryl methyl sites for hydroxylation is 1. The van der Waals surface area contributed by atoms with Gasteiger partial charge in [0.25, 0.3) is 5.91 Å². The first kappa shape index (κ1) is 26.5. The number of hydrogen-bond donors (Lipinski definition) is 2. The third kappa shape index (κ3) is 5.26. The smallest absolute Gasteiger partial charge is 0.441 e. The number of alkyl halides is 3. The van der Waals surface area contributed by atoms with Gasteiger partial charge in [-0.25, -0.2) is 14.0 Å². The number of fused-ring (bicyclic) bond motifs is 1. The number of carbonyl (C=O) groups is 3. The predicted octanol–water partition coefficient (Wildman–Crippen LogP) is 4.61. The van der Waals surface area contributed by atoms with Crippen molar-refractivity contribution in [2.24, 2.45) is 0 Å². The molecular formula is C23H24F4N2O5S. The number of methoxy groups -OCH3 is 1. The third-order valence-corrected chi connectivity index (χ3v) is 6.75. The molecule has 1 aromatic heterocycles. The van der Waals surface area contributed by atoms with E-state index < -0.39 is 47.7 Å². The second-order valence-electron chi connectivity index (χ2n) is 7.79. The summed E-state index contributed by atoms with van der Waals surface area (Å²) in [6.45, 7) is 0.865. The molecule has 1 aromatic carbocycles. The molecule has 1 atom stereocenters. The zero-order chi connectivity index (χ0) is 25.8. The van der Waals surface area contributed by atoms with Crippen molar-refractivity contribution in [3.8, 4) is 0 Å². The number of hydrogen-bond acceptors (Lipinski definition) is 7. The summed E-state index contributed by atoms with van der Waals surface area (Å²) in [6, 6.07) is 4.39. The van der Waals surface area contributed by atoms with E-state index in [1.54, 1.807) is 5.32 Å². The maximum atomic E-state index is 14.6. The highest BCUT2D eigenvalue weighted by molar-refractivity contribution is 7.16. The van der Waals surface area contributed by atoms with E-state index >= 15 is 0 Å². The van der Waals surface area contributed by atoms with E-state index in [0.29, 0.717) is 23.3 Å². The topological polar surface area (TPSA) is 93.7 Å². The molecule has 3 rings (SSSR count). The Balaban J connectivity index is 2.16. The molecule has 0 aliphatic heterocycles. The van der Waals surface area contributed by atoms with E-state index in [-0.39, 0.29) is 10.6 Å². The van der Waals surface area contributed by atoms with E-state index in [0.717, 1.165) is 49.8 Å². The fourth-order valence-electron chi connectivity index (χ4n) is 3.83. The lowest BCUT2D eigenvalue weighted by Crippen LogP contribution is -2.69. The molecule has 0 fully saturated rings. The van der Waals surface area contributed by atoms with E-state index in [4.69, 9.17) is 4.74 Å². The van der Waals surface area contributed by atoms with Crippen LogP contribution in [0, 0.1) is 5.82 Å². The minimum absolute atomic E-state index is 0.132. The molecule has 0 bridgehead atoms. The number of esters is 2. The quantitative estimate of drug-likeness (QED) is 0.242. The van der Waals surface area contributed by atoms with Gasteiger partial charge in [0.05, 0.1) is 24.8 Å². The van der Waals surface area contributed by atoms with Crippen molar-refractivity contribution in [1.29, 1.82) is 0 Å². The Kier molecular flexibility index (Phi) is 8.04. The minimum Gasteiger partial charge on any atom is -0.465 e. The maximum absolute atomic E-state index is 14.6. The fourth-order valence-corrected chi connectivity index (χ4v) is 5.16. The van der Waals surface area contributed by atoms with Crippen LogP contribution in [0.1, 0.15) is 57.3 Å². The van der Waals surface area contributed by atoms with Gasteiger partial charge < -0.3 is 20.1 Å². The summed E-state index contributed by atoms with van der Waals surface area (Å²) in [4.78, 5) is 38.8. The summed E-state index contributed by atoms with van der Waals surface area (Å²) in [5, 5.41) is 3.36. The number of rotatable bonds is 7. The normalized spacial score (nSPS) is 15.3. The zero-order valence-corrected chi connectivity index (χ0v) is 19.8. The van der Waals surface area contributed by atoms with Gasteiger partial charge in [-0.2, -0.15) is 13.2 Å². The molecule has 2 aromatic rings. The number of ether oxygens (including phenoxy) is 2. The standard InChI is InChI=1S/C23H24F4N2O5S/c1-3-34-21(32)22(23(25,26)27,28-18(30)13-9-7-8-11-15(13)24)29-19-17(20(31)33-2)14-10-5-4-6-12-16(14)35-19/h7-9,11,29H,3-6,10,12H2,1-2H3,(H,28,30). The summed E-state index contributed by atoms with van der Waals surface area (Å²) >= 11 is 0.878. The SMILES string of the molecule is CCOC(=O)C(NC(=O)c1ccccc1F)(Nc1sc2c(c1C(=O)OC)CCCCC2)C(F)(F)F. The Morgan fingerprint density at radius 3 is 2.40 bits per heavy atom. The molecule has 0 radical (unpaired) electrons. The van der Waals surface area contributed by atoms with Crippen LogP contribution in [0.15, 0.2) is 24.3 Å². The van der Waals surface area contributed by atoms with Crippen molar-refractivity contribution in [3.05, 3.63) is 51.7 Å². The average molecular weight is 517 g/mol. The second-order valence-corrected chi connectivity index (χ2v) is 8.89.